The molecule has 1 aromatic heterocycles. The number of hydrogen-bond acceptors (Lipinski definition) is 4. The molecule has 1 aromatic carbocycles. The van der Waals surface area contributed by atoms with E-state index < -0.39 is 10.1 Å². The fourth-order valence-electron chi connectivity index (χ4n) is 1.74. The molecule has 90 valence electrons. The molecule has 0 aliphatic rings. The molecule has 0 spiro atoms. The first-order chi connectivity index (χ1) is 7.97. The van der Waals surface area contributed by atoms with E-state index in [2.05, 4.69) is 9.17 Å². The minimum absolute atomic E-state index is 0.0775. The number of rotatable bonds is 3. The first-order valence-corrected chi connectivity index (χ1v) is 6.30. The molecular formula is C11H11NO4S. The summed E-state index contributed by atoms with van der Waals surface area (Å²) in [6.45, 7) is 1.32. The lowest BCUT2D eigenvalue weighted by atomic mass is 10.1. The van der Waals surface area contributed by atoms with Crippen molar-refractivity contribution < 1.29 is 17.4 Å². The molecule has 0 saturated heterocycles. The predicted molar refractivity (Wildman–Crippen MR) is 62.5 cm³/mol. The third-order valence-electron chi connectivity index (χ3n) is 2.53. The maximum atomic E-state index is 11.8. The largest absolute Gasteiger partial charge is 0.361 e. The number of carbonyl (C=O) groups is 1. The standard InChI is InChI=1S/C11H11NO4S/c1-7(13)8-3-4-10-9(5-6-12-10)11(8)17(14,15)16-2/h3-6,12H,1-2H3. The highest BCUT2D eigenvalue weighted by Gasteiger charge is 2.23. The van der Waals surface area contributed by atoms with Gasteiger partial charge in [-0.15, -0.1) is 0 Å². The molecule has 2 aromatic rings. The van der Waals surface area contributed by atoms with Gasteiger partial charge in [0, 0.05) is 22.7 Å². The lowest BCUT2D eigenvalue weighted by Gasteiger charge is -2.08. The number of benzene rings is 1. The number of aromatic nitrogens is 1. The van der Waals surface area contributed by atoms with Crippen molar-refractivity contribution in [2.45, 2.75) is 11.8 Å². The van der Waals surface area contributed by atoms with Crippen LogP contribution in [0.1, 0.15) is 17.3 Å². The third-order valence-corrected chi connectivity index (χ3v) is 3.91. The van der Waals surface area contributed by atoms with Gasteiger partial charge in [-0.1, -0.05) is 0 Å². The van der Waals surface area contributed by atoms with Crippen LogP contribution < -0.4 is 0 Å². The summed E-state index contributed by atoms with van der Waals surface area (Å²) >= 11 is 0. The summed E-state index contributed by atoms with van der Waals surface area (Å²) in [4.78, 5) is 14.3. The number of fused-ring (bicyclic) bond motifs is 1. The van der Waals surface area contributed by atoms with Gasteiger partial charge in [-0.05, 0) is 25.1 Å². The van der Waals surface area contributed by atoms with Crippen molar-refractivity contribution >= 4 is 26.8 Å². The Bertz CT molecular complexity index is 685. The number of aromatic amines is 1. The Morgan fingerprint density at radius 3 is 2.59 bits per heavy atom. The number of carbonyl (C=O) groups excluding carboxylic acids is 1. The molecule has 2 rings (SSSR count). The van der Waals surface area contributed by atoms with Crippen molar-refractivity contribution in [1.82, 2.24) is 4.98 Å². The average molecular weight is 253 g/mol. The van der Waals surface area contributed by atoms with Crippen molar-refractivity contribution in [3.63, 3.8) is 0 Å². The second-order valence-corrected chi connectivity index (χ2v) is 5.21. The normalized spacial score (nSPS) is 11.9. The summed E-state index contributed by atoms with van der Waals surface area (Å²) in [6.07, 6.45) is 1.61. The van der Waals surface area contributed by atoms with E-state index in [1.807, 2.05) is 0 Å². The molecule has 5 nitrogen and oxygen atoms in total. The molecule has 0 fully saturated rings. The minimum Gasteiger partial charge on any atom is -0.361 e. The van der Waals surface area contributed by atoms with Crippen molar-refractivity contribution in [3.05, 3.63) is 30.0 Å². The Morgan fingerprint density at radius 2 is 2.00 bits per heavy atom. The molecule has 17 heavy (non-hydrogen) atoms. The maximum Gasteiger partial charge on any atom is 0.298 e. The van der Waals surface area contributed by atoms with Crippen LogP contribution in [0.4, 0.5) is 0 Å². The van der Waals surface area contributed by atoms with Crippen LogP contribution in [0.3, 0.4) is 0 Å². The van der Waals surface area contributed by atoms with Gasteiger partial charge < -0.3 is 4.98 Å². The quantitative estimate of drug-likeness (QED) is 0.667. The van der Waals surface area contributed by atoms with E-state index in [1.54, 1.807) is 18.3 Å². The van der Waals surface area contributed by atoms with Gasteiger partial charge in [0.25, 0.3) is 10.1 Å². The number of Topliss-reactive ketones (excluding diaryl/α,β-unsaturated/α-hetero) is 1. The molecule has 0 atom stereocenters. The minimum atomic E-state index is -3.91. The van der Waals surface area contributed by atoms with Crippen LogP contribution in [0.15, 0.2) is 29.3 Å². The summed E-state index contributed by atoms with van der Waals surface area (Å²) in [5, 5.41) is 0.458. The number of hydrogen-bond donors (Lipinski definition) is 1. The summed E-state index contributed by atoms with van der Waals surface area (Å²) in [5.74, 6) is -0.316. The molecule has 0 bridgehead atoms. The van der Waals surface area contributed by atoms with Crippen molar-refractivity contribution in [2.75, 3.05) is 7.11 Å². The van der Waals surface area contributed by atoms with Crippen molar-refractivity contribution in [2.24, 2.45) is 0 Å². The summed E-state index contributed by atoms with van der Waals surface area (Å²) in [6, 6.07) is 4.75. The van der Waals surface area contributed by atoms with Gasteiger partial charge in [0.2, 0.25) is 0 Å². The van der Waals surface area contributed by atoms with E-state index >= 15 is 0 Å². The maximum absolute atomic E-state index is 11.8. The highest BCUT2D eigenvalue weighted by atomic mass is 32.2. The summed E-state index contributed by atoms with van der Waals surface area (Å²) < 4.78 is 28.2. The molecule has 1 N–H and O–H groups in total. The second kappa shape index (κ2) is 3.97. The molecule has 0 amide bonds. The fourth-order valence-corrected chi connectivity index (χ4v) is 2.83. The topological polar surface area (TPSA) is 76.2 Å². The zero-order chi connectivity index (χ0) is 12.6. The Hall–Kier alpha value is -1.66. The molecule has 0 unspecified atom stereocenters. The van der Waals surface area contributed by atoms with Crippen LogP contribution in [0.5, 0.6) is 0 Å². The van der Waals surface area contributed by atoms with Gasteiger partial charge in [-0.3, -0.25) is 8.98 Å². The molecule has 0 radical (unpaired) electrons. The van der Waals surface area contributed by atoms with E-state index in [9.17, 15) is 13.2 Å². The lowest BCUT2D eigenvalue weighted by molar-refractivity contribution is 0.101. The predicted octanol–water partition coefficient (Wildman–Crippen LogP) is 1.71. The van der Waals surface area contributed by atoms with Gasteiger partial charge in [0.05, 0.1) is 7.11 Å². The second-order valence-electron chi connectivity index (χ2n) is 3.56. The third kappa shape index (κ3) is 1.85. The van der Waals surface area contributed by atoms with E-state index in [1.165, 1.54) is 13.0 Å². The van der Waals surface area contributed by atoms with E-state index in [-0.39, 0.29) is 16.2 Å². The van der Waals surface area contributed by atoms with Crippen LogP contribution in [0, 0.1) is 0 Å². The van der Waals surface area contributed by atoms with Gasteiger partial charge in [0.1, 0.15) is 4.90 Å². The zero-order valence-electron chi connectivity index (χ0n) is 9.35. The molecule has 0 aliphatic carbocycles. The Balaban J connectivity index is 2.93. The molecule has 6 heteroatoms. The van der Waals surface area contributed by atoms with Crippen LogP contribution in [-0.4, -0.2) is 26.3 Å². The highest BCUT2D eigenvalue weighted by molar-refractivity contribution is 7.87. The molecular weight excluding hydrogens is 242 g/mol. The van der Waals surface area contributed by atoms with E-state index in [0.717, 1.165) is 7.11 Å². The van der Waals surface area contributed by atoms with Crippen LogP contribution in [0.25, 0.3) is 10.9 Å². The SMILES string of the molecule is COS(=O)(=O)c1c(C(C)=O)ccc2[nH]ccc12. The Kier molecular flexibility index (Phi) is 2.76. The highest BCUT2D eigenvalue weighted by Crippen LogP contribution is 2.27. The Labute approximate surface area is 98.5 Å². The zero-order valence-corrected chi connectivity index (χ0v) is 10.2. The van der Waals surface area contributed by atoms with Crippen LogP contribution >= 0.6 is 0 Å². The summed E-state index contributed by atoms with van der Waals surface area (Å²) in [7, 11) is -2.84. The first kappa shape index (κ1) is 11.8. The van der Waals surface area contributed by atoms with Gasteiger partial charge in [0.15, 0.2) is 5.78 Å². The number of nitrogens with one attached hydrogen (secondary N) is 1. The number of H-pyrrole nitrogens is 1. The van der Waals surface area contributed by atoms with Gasteiger partial charge >= 0.3 is 0 Å². The van der Waals surface area contributed by atoms with Gasteiger partial charge in [-0.25, -0.2) is 0 Å². The van der Waals surface area contributed by atoms with E-state index in [0.29, 0.717) is 10.9 Å². The smallest absolute Gasteiger partial charge is 0.298 e. The average Bonchev–Trinajstić information content (AvgIpc) is 2.74. The van der Waals surface area contributed by atoms with E-state index in [4.69, 9.17) is 0 Å². The lowest BCUT2D eigenvalue weighted by Crippen LogP contribution is -2.09. The first-order valence-electron chi connectivity index (χ1n) is 4.89. The summed E-state index contributed by atoms with van der Waals surface area (Å²) in [5.41, 5.74) is 0.782. The molecule has 0 aliphatic heterocycles. The van der Waals surface area contributed by atoms with Crippen molar-refractivity contribution in [1.29, 1.82) is 0 Å². The van der Waals surface area contributed by atoms with Gasteiger partial charge in [-0.2, -0.15) is 8.42 Å². The molecule has 0 saturated carbocycles. The fraction of sp³-hybridized carbons (Fsp3) is 0.182. The number of ketones is 1. The monoisotopic (exact) mass is 253 g/mol. The van der Waals surface area contributed by atoms with Crippen LogP contribution in [-0.2, 0) is 14.3 Å². The molecule has 1 heterocycles. The Morgan fingerprint density at radius 1 is 1.29 bits per heavy atom. The van der Waals surface area contributed by atoms with Crippen LogP contribution in [0.2, 0.25) is 0 Å². The van der Waals surface area contributed by atoms with Crippen molar-refractivity contribution in [3.8, 4) is 0 Å².